The molecule has 8 heteroatoms. The normalized spacial score (nSPS) is 11.0. The molecular formula is C24H19BCl2N2O3. The van der Waals surface area contributed by atoms with Crippen molar-refractivity contribution in [3.05, 3.63) is 64.3 Å². The third kappa shape index (κ3) is 4.16. The van der Waals surface area contributed by atoms with Gasteiger partial charge in [0, 0.05) is 34.5 Å². The summed E-state index contributed by atoms with van der Waals surface area (Å²) in [5.74, 6) is -0.453. The summed E-state index contributed by atoms with van der Waals surface area (Å²) in [4.78, 5) is 29.1. The van der Waals surface area contributed by atoms with E-state index < -0.39 is 0 Å². The number of anilines is 1. The molecule has 1 N–H and O–H groups in total. The molecule has 0 bridgehead atoms. The molecular weight excluding hydrogens is 446 g/mol. The molecule has 4 rings (SSSR count). The summed E-state index contributed by atoms with van der Waals surface area (Å²) in [6, 6.07) is 14.9. The van der Waals surface area contributed by atoms with E-state index in [0.29, 0.717) is 26.8 Å². The van der Waals surface area contributed by atoms with Crippen LogP contribution in [0.1, 0.15) is 30.8 Å². The van der Waals surface area contributed by atoms with Gasteiger partial charge in [0.05, 0.1) is 11.1 Å². The number of benzene rings is 2. The first-order chi connectivity index (χ1) is 15.3. The van der Waals surface area contributed by atoms with Gasteiger partial charge in [-0.05, 0) is 29.8 Å². The largest absolute Gasteiger partial charge is 0.432 e. The fraction of sp³-hybridized carbons (Fsp3) is 0.125. The van der Waals surface area contributed by atoms with Crippen LogP contribution in [0.15, 0.2) is 52.9 Å². The number of carbonyl (C=O) groups is 2. The van der Waals surface area contributed by atoms with Gasteiger partial charge in [-0.1, -0.05) is 59.9 Å². The maximum Gasteiger partial charge on any atom is 0.229 e. The highest BCUT2D eigenvalue weighted by Crippen LogP contribution is 2.40. The number of hydrogen-bond donors (Lipinski definition) is 1. The SMILES string of the molecule is Bc1ccc(-c2nc3oc(C(=O)CC)c(NC(C)=O)c3cc2-c2ccc(Cl)cc2)c(Cl)c1. The number of hydrogen-bond acceptors (Lipinski definition) is 4. The fourth-order valence-corrected chi connectivity index (χ4v) is 4.00. The van der Waals surface area contributed by atoms with Crippen molar-refractivity contribution < 1.29 is 14.0 Å². The first-order valence-corrected chi connectivity index (χ1v) is 10.8. The van der Waals surface area contributed by atoms with Gasteiger partial charge in [-0.3, -0.25) is 9.59 Å². The Morgan fingerprint density at radius 2 is 1.78 bits per heavy atom. The summed E-state index contributed by atoms with van der Waals surface area (Å²) >= 11 is 12.7. The number of rotatable bonds is 5. The number of amides is 1. The van der Waals surface area contributed by atoms with Crippen molar-refractivity contribution in [2.24, 2.45) is 0 Å². The van der Waals surface area contributed by atoms with Crippen molar-refractivity contribution in [2.75, 3.05) is 5.32 Å². The van der Waals surface area contributed by atoms with E-state index in [2.05, 4.69) is 5.32 Å². The third-order valence-corrected chi connectivity index (χ3v) is 5.66. The van der Waals surface area contributed by atoms with Crippen LogP contribution in [0.5, 0.6) is 0 Å². The van der Waals surface area contributed by atoms with Crippen LogP contribution in [0.25, 0.3) is 33.5 Å². The minimum atomic E-state index is -0.309. The standard InChI is InChI=1S/C24H19BCl2N2O3/c1-3-20(31)23-22(28-12(2)30)18-11-17(13-4-7-15(26)8-5-13)21(29-24(18)32-23)16-9-6-14(25)10-19(16)27/h4-11H,3,25H2,1-2H3,(H,28,30). The molecule has 32 heavy (non-hydrogen) atoms. The van der Waals surface area contributed by atoms with E-state index in [0.717, 1.165) is 22.2 Å². The molecule has 0 saturated heterocycles. The lowest BCUT2D eigenvalue weighted by Crippen LogP contribution is -2.09. The summed E-state index contributed by atoms with van der Waals surface area (Å²) in [7, 11) is 1.96. The Kier molecular flexibility index (Phi) is 6.09. The van der Waals surface area contributed by atoms with E-state index in [1.54, 1.807) is 19.1 Å². The molecule has 5 nitrogen and oxygen atoms in total. The summed E-state index contributed by atoms with van der Waals surface area (Å²) < 4.78 is 5.85. The lowest BCUT2D eigenvalue weighted by atomic mass is 9.92. The summed E-state index contributed by atoms with van der Waals surface area (Å²) in [6.45, 7) is 3.12. The molecule has 0 aliphatic carbocycles. The van der Waals surface area contributed by atoms with Crippen LogP contribution >= 0.6 is 23.2 Å². The smallest absolute Gasteiger partial charge is 0.229 e. The van der Waals surface area contributed by atoms with Gasteiger partial charge >= 0.3 is 0 Å². The van der Waals surface area contributed by atoms with Gasteiger partial charge in [-0.15, -0.1) is 0 Å². The van der Waals surface area contributed by atoms with Gasteiger partial charge in [0.1, 0.15) is 13.5 Å². The van der Waals surface area contributed by atoms with Gasteiger partial charge in [-0.2, -0.15) is 0 Å². The van der Waals surface area contributed by atoms with Gasteiger partial charge in [0.2, 0.25) is 11.6 Å². The van der Waals surface area contributed by atoms with Crippen molar-refractivity contribution in [1.29, 1.82) is 0 Å². The molecule has 0 saturated carbocycles. The Morgan fingerprint density at radius 3 is 2.41 bits per heavy atom. The average molecular weight is 465 g/mol. The zero-order valence-corrected chi connectivity index (χ0v) is 19.3. The van der Waals surface area contributed by atoms with Gasteiger partial charge in [0.15, 0.2) is 11.5 Å². The van der Waals surface area contributed by atoms with Crippen molar-refractivity contribution in [3.8, 4) is 22.4 Å². The second-order valence-electron chi connectivity index (χ2n) is 7.49. The molecule has 0 aliphatic rings. The van der Waals surface area contributed by atoms with Crippen LogP contribution in [0.4, 0.5) is 5.69 Å². The third-order valence-electron chi connectivity index (χ3n) is 5.09. The van der Waals surface area contributed by atoms with E-state index >= 15 is 0 Å². The van der Waals surface area contributed by atoms with Crippen LogP contribution in [0.3, 0.4) is 0 Å². The summed E-state index contributed by atoms with van der Waals surface area (Å²) in [6.07, 6.45) is 0.229. The quantitative estimate of drug-likeness (QED) is 0.322. The summed E-state index contributed by atoms with van der Waals surface area (Å²) in [5, 5.41) is 4.43. The van der Waals surface area contributed by atoms with E-state index in [4.69, 9.17) is 32.6 Å². The first-order valence-electron chi connectivity index (χ1n) is 10.1. The molecule has 2 aromatic carbocycles. The molecule has 0 spiro atoms. The summed E-state index contributed by atoms with van der Waals surface area (Å²) in [5.41, 5.74) is 4.54. The highest BCUT2D eigenvalue weighted by molar-refractivity contribution is 6.38. The Morgan fingerprint density at radius 1 is 1.06 bits per heavy atom. The molecule has 4 aromatic rings. The van der Waals surface area contributed by atoms with Crippen LogP contribution in [-0.2, 0) is 4.79 Å². The van der Waals surface area contributed by atoms with Gasteiger partial charge in [0.25, 0.3) is 0 Å². The van der Waals surface area contributed by atoms with Crippen molar-refractivity contribution in [1.82, 2.24) is 4.98 Å². The number of fused-ring (bicyclic) bond motifs is 1. The zero-order valence-electron chi connectivity index (χ0n) is 17.8. The second kappa shape index (κ2) is 8.81. The molecule has 0 fully saturated rings. The number of nitrogens with zero attached hydrogens (tertiary/aromatic N) is 1. The van der Waals surface area contributed by atoms with E-state index in [1.807, 2.05) is 44.2 Å². The molecule has 2 heterocycles. The molecule has 0 unspecified atom stereocenters. The number of aromatic nitrogens is 1. The zero-order chi connectivity index (χ0) is 23.0. The van der Waals surface area contributed by atoms with Crippen molar-refractivity contribution in [2.45, 2.75) is 20.3 Å². The number of furan rings is 1. The van der Waals surface area contributed by atoms with Crippen LogP contribution < -0.4 is 10.8 Å². The van der Waals surface area contributed by atoms with Crippen LogP contribution in [0, 0.1) is 0 Å². The monoisotopic (exact) mass is 464 g/mol. The maximum atomic E-state index is 12.5. The molecule has 2 aromatic heterocycles. The van der Waals surface area contributed by atoms with Crippen molar-refractivity contribution >= 4 is 65.0 Å². The minimum Gasteiger partial charge on any atom is -0.432 e. The Balaban J connectivity index is 2.07. The average Bonchev–Trinajstić information content (AvgIpc) is 3.10. The Labute approximate surface area is 196 Å². The van der Waals surface area contributed by atoms with Gasteiger partial charge < -0.3 is 9.73 Å². The highest BCUT2D eigenvalue weighted by atomic mass is 35.5. The van der Waals surface area contributed by atoms with Crippen molar-refractivity contribution in [3.63, 3.8) is 0 Å². The molecule has 0 atom stereocenters. The maximum absolute atomic E-state index is 12.5. The Hall–Kier alpha value is -3.09. The number of pyridine rings is 1. The second-order valence-corrected chi connectivity index (χ2v) is 8.34. The topological polar surface area (TPSA) is 72.2 Å². The number of halogens is 2. The highest BCUT2D eigenvalue weighted by Gasteiger charge is 2.24. The number of nitrogens with one attached hydrogen (secondary N) is 1. The van der Waals surface area contributed by atoms with Crippen LogP contribution in [0.2, 0.25) is 10.0 Å². The van der Waals surface area contributed by atoms with Crippen LogP contribution in [-0.4, -0.2) is 24.5 Å². The predicted octanol–water partition coefficient (Wildman–Crippen LogP) is 5.28. The molecule has 160 valence electrons. The Bertz CT molecular complexity index is 1360. The molecule has 0 radical (unpaired) electrons. The van der Waals surface area contributed by atoms with E-state index in [9.17, 15) is 9.59 Å². The van der Waals surface area contributed by atoms with E-state index in [1.165, 1.54) is 6.92 Å². The lowest BCUT2D eigenvalue weighted by Gasteiger charge is -2.12. The molecule has 0 aliphatic heterocycles. The first kappa shape index (κ1) is 22.1. The predicted molar refractivity (Wildman–Crippen MR) is 132 cm³/mol. The molecule has 1 amide bonds. The number of carbonyl (C=O) groups excluding carboxylic acids is 2. The number of Topliss-reactive ketones (excluding diaryl/α,β-unsaturated/α-hetero) is 1. The fourth-order valence-electron chi connectivity index (χ4n) is 3.55. The van der Waals surface area contributed by atoms with E-state index in [-0.39, 0.29) is 29.6 Å². The van der Waals surface area contributed by atoms with Gasteiger partial charge in [-0.25, -0.2) is 4.98 Å². The minimum absolute atomic E-state index is 0.0828. The number of ketones is 1. The lowest BCUT2D eigenvalue weighted by molar-refractivity contribution is -0.114.